The molecular weight excluding hydrogens is 253 g/mol. The number of para-hydroxylation sites is 1. The fraction of sp³-hybridized carbons (Fsp3) is 0.0625. The number of hydrogen-bond donors (Lipinski definition) is 1. The van der Waals surface area contributed by atoms with Crippen molar-refractivity contribution in [1.29, 1.82) is 0 Å². The lowest BCUT2D eigenvalue weighted by Crippen LogP contribution is -2.12. The summed E-state index contributed by atoms with van der Waals surface area (Å²) in [6.45, 7) is 0. The second-order valence-electron chi connectivity index (χ2n) is 4.59. The minimum atomic E-state index is -0.375. The second-order valence-corrected chi connectivity index (χ2v) is 4.59. The number of nitrogen functional groups attached to an aromatic ring is 1. The molecule has 3 nitrogen and oxygen atoms in total. The summed E-state index contributed by atoms with van der Waals surface area (Å²) in [5.74, 6) is -0.375. The first kappa shape index (κ1) is 12.4. The Morgan fingerprint density at radius 2 is 1.85 bits per heavy atom. The van der Waals surface area contributed by atoms with Crippen LogP contribution in [0.25, 0.3) is 10.9 Å². The number of nitrogens with two attached hydrogens (primary N) is 1. The topological polar surface area (TPSA) is 42.1 Å². The van der Waals surface area contributed by atoms with Crippen molar-refractivity contribution in [3.63, 3.8) is 0 Å². The van der Waals surface area contributed by atoms with E-state index in [0.717, 1.165) is 11.1 Å². The van der Waals surface area contributed by atoms with Gasteiger partial charge in [-0.1, -0.05) is 18.2 Å². The van der Waals surface area contributed by atoms with Crippen LogP contribution in [0.4, 0.5) is 21.5 Å². The summed E-state index contributed by atoms with van der Waals surface area (Å²) in [7, 11) is 1.82. The number of halogens is 1. The van der Waals surface area contributed by atoms with Crippen molar-refractivity contribution >= 4 is 28.0 Å². The van der Waals surface area contributed by atoms with E-state index in [0.29, 0.717) is 16.9 Å². The van der Waals surface area contributed by atoms with Crippen LogP contribution in [-0.4, -0.2) is 12.0 Å². The zero-order chi connectivity index (χ0) is 14.1. The number of nitrogens with zero attached hydrogens (tertiary/aromatic N) is 2. The molecule has 0 saturated heterocycles. The molecule has 0 unspecified atom stereocenters. The van der Waals surface area contributed by atoms with E-state index in [1.165, 1.54) is 6.07 Å². The first-order valence-electron chi connectivity index (χ1n) is 6.30. The summed E-state index contributed by atoms with van der Waals surface area (Å²) in [5.41, 5.74) is 8.15. The third kappa shape index (κ3) is 1.95. The van der Waals surface area contributed by atoms with E-state index in [1.807, 2.05) is 43.4 Å². The van der Waals surface area contributed by atoms with E-state index in [-0.39, 0.29) is 5.82 Å². The van der Waals surface area contributed by atoms with Gasteiger partial charge in [-0.2, -0.15) is 0 Å². The standard InChI is InChI=1S/C16H14FN3/c1-20(11-6-3-2-4-7-11)16-13(17)10-14(18)12-8-5-9-19-15(12)16/h2-10H,18H2,1H3. The zero-order valence-electron chi connectivity index (χ0n) is 11.0. The van der Waals surface area contributed by atoms with Crippen LogP contribution in [0.15, 0.2) is 54.7 Å². The lowest BCUT2D eigenvalue weighted by molar-refractivity contribution is 0.629. The maximum absolute atomic E-state index is 14.4. The van der Waals surface area contributed by atoms with Gasteiger partial charge in [-0.05, 0) is 30.3 Å². The second kappa shape index (κ2) is 4.81. The maximum atomic E-state index is 14.4. The number of rotatable bonds is 2. The Morgan fingerprint density at radius 1 is 1.10 bits per heavy atom. The van der Waals surface area contributed by atoms with Gasteiger partial charge >= 0.3 is 0 Å². The van der Waals surface area contributed by atoms with Crippen molar-refractivity contribution in [1.82, 2.24) is 4.98 Å². The van der Waals surface area contributed by atoms with Gasteiger partial charge in [-0.25, -0.2) is 4.39 Å². The Kier molecular flexibility index (Phi) is 2.99. The molecule has 0 atom stereocenters. The predicted octanol–water partition coefficient (Wildman–Crippen LogP) is 3.72. The molecule has 0 aliphatic heterocycles. The van der Waals surface area contributed by atoms with Crippen molar-refractivity contribution in [2.75, 3.05) is 17.7 Å². The molecule has 0 saturated carbocycles. The molecular formula is C16H14FN3. The monoisotopic (exact) mass is 267 g/mol. The van der Waals surface area contributed by atoms with E-state index < -0.39 is 0 Å². The molecule has 0 spiro atoms. The number of pyridine rings is 1. The number of anilines is 3. The Balaban J connectivity index is 2.26. The van der Waals surface area contributed by atoms with Crippen molar-refractivity contribution in [2.24, 2.45) is 0 Å². The Morgan fingerprint density at radius 3 is 2.60 bits per heavy atom. The highest BCUT2D eigenvalue weighted by molar-refractivity contribution is 6.00. The quantitative estimate of drug-likeness (QED) is 0.719. The summed E-state index contributed by atoms with van der Waals surface area (Å²) < 4.78 is 14.4. The number of hydrogen-bond acceptors (Lipinski definition) is 3. The molecule has 1 heterocycles. The molecule has 2 N–H and O–H groups in total. The first-order valence-corrected chi connectivity index (χ1v) is 6.30. The van der Waals surface area contributed by atoms with Crippen LogP contribution in [0.5, 0.6) is 0 Å². The first-order chi connectivity index (χ1) is 9.68. The fourth-order valence-corrected chi connectivity index (χ4v) is 2.32. The Hall–Kier alpha value is -2.62. The van der Waals surface area contributed by atoms with E-state index in [2.05, 4.69) is 4.98 Å². The molecule has 0 aliphatic rings. The average molecular weight is 267 g/mol. The smallest absolute Gasteiger partial charge is 0.151 e. The molecule has 4 heteroatoms. The van der Waals surface area contributed by atoms with Gasteiger partial charge in [-0.3, -0.25) is 4.98 Å². The number of benzene rings is 2. The summed E-state index contributed by atoms with van der Waals surface area (Å²) in [6.07, 6.45) is 1.64. The molecule has 3 rings (SSSR count). The van der Waals surface area contributed by atoms with E-state index >= 15 is 0 Å². The van der Waals surface area contributed by atoms with Crippen LogP contribution in [0.1, 0.15) is 0 Å². The molecule has 0 fully saturated rings. The third-order valence-electron chi connectivity index (χ3n) is 3.33. The van der Waals surface area contributed by atoms with E-state index in [9.17, 15) is 4.39 Å². The van der Waals surface area contributed by atoms with Gasteiger partial charge in [0.15, 0.2) is 5.82 Å². The highest BCUT2D eigenvalue weighted by Gasteiger charge is 2.16. The molecule has 1 aromatic heterocycles. The van der Waals surface area contributed by atoms with Gasteiger partial charge in [0.25, 0.3) is 0 Å². The lowest BCUT2D eigenvalue weighted by atomic mass is 10.1. The van der Waals surface area contributed by atoms with Gasteiger partial charge in [0.2, 0.25) is 0 Å². The molecule has 3 aromatic rings. The van der Waals surface area contributed by atoms with Crippen LogP contribution >= 0.6 is 0 Å². The van der Waals surface area contributed by atoms with Crippen LogP contribution < -0.4 is 10.6 Å². The van der Waals surface area contributed by atoms with Gasteiger partial charge in [0.1, 0.15) is 5.69 Å². The fourth-order valence-electron chi connectivity index (χ4n) is 2.32. The molecule has 2 aromatic carbocycles. The van der Waals surface area contributed by atoms with Crippen LogP contribution in [0.3, 0.4) is 0 Å². The van der Waals surface area contributed by atoms with Crippen molar-refractivity contribution < 1.29 is 4.39 Å². The lowest BCUT2D eigenvalue weighted by Gasteiger charge is -2.22. The van der Waals surface area contributed by atoms with Gasteiger partial charge < -0.3 is 10.6 Å². The minimum Gasteiger partial charge on any atom is -0.398 e. The third-order valence-corrected chi connectivity index (χ3v) is 3.33. The maximum Gasteiger partial charge on any atom is 0.151 e. The Labute approximate surface area is 116 Å². The summed E-state index contributed by atoms with van der Waals surface area (Å²) in [5, 5.41) is 0.756. The number of aromatic nitrogens is 1. The highest BCUT2D eigenvalue weighted by atomic mass is 19.1. The summed E-state index contributed by atoms with van der Waals surface area (Å²) >= 11 is 0. The molecule has 0 bridgehead atoms. The molecule has 0 amide bonds. The van der Waals surface area contributed by atoms with Crippen LogP contribution in [0, 0.1) is 5.82 Å². The van der Waals surface area contributed by atoms with Gasteiger partial charge in [-0.15, -0.1) is 0 Å². The van der Waals surface area contributed by atoms with E-state index in [1.54, 1.807) is 17.2 Å². The molecule has 0 aliphatic carbocycles. The molecule has 100 valence electrons. The van der Waals surface area contributed by atoms with Crippen LogP contribution in [0.2, 0.25) is 0 Å². The van der Waals surface area contributed by atoms with Crippen molar-refractivity contribution in [3.8, 4) is 0 Å². The van der Waals surface area contributed by atoms with Gasteiger partial charge in [0, 0.05) is 30.0 Å². The van der Waals surface area contributed by atoms with Gasteiger partial charge in [0.05, 0.1) is 5.52 Å². The minimum absolute atomic E-state index is 0.375. The average Bonchev–Trinajstić information content (AvgIpc) is 2.48. The van der Waals surface area contributed by atoms with E-state index in [4.69, 9.17) is 5.73 Å². The predicted molar refractivity (Wildman–Crippen MR) is 80.6 cm³/mol. The summed E-state index contributed by atoms with van der Waals surface area (Å²) in [6, 6.07) is 14.6. The van der Waals surface area contributed by atoms with Crippen LogP contribution in [-0.2, 0) is 0 Å². The van der Waals surface area contributed by atoms with Crippen molar-refractivity contribution in [2.45, 2.75) is 0 Å². The largest absolute Gasteiger partial charge is 0.398 e. The number of fused-ring (bicyclic) bond motifs is 1. The normalized spacial score (nSPS) is 10.7. The Bertz CT molecular complexity index is 756. The molecule has 20 heavy (non-hydrogen) atoms. The SMILES string of the molecule is CN(c1ccccc1)c1c(F)cc(N)c2cccnc12. The highest BCUT2D eigenvalue weighted by Crippen LogP contribution is 2.35. The zero-order valence-corrected chi connectivity index (χ0v) is 11.0. The summed E-state index contributed by atoms with van der Waals surface area (Å²) in [4.78, 5) is 6.07. The van der Waals surface area contributed by atoms with Crippen molar-refractivity contribution in [3.05, 3.63) is 60.5 Å². The molecule has 0 radical (unpaired) electrons.